The number of fused-ring (bicyclic) bond motifs is 1. The average Bonchev–Trinajstić information content (AvgIpc) is 3.58. The first-order chi connectivity index (χ1) is 18.2. The molecule has 1 unspecified atom stereocenters. The molecular weight excluding hydrogens is 512 g/mol. The number of carbonyl (C=O) groups is 2. The fourth-order valence-corrected chi connectivity index (χ4v) is 7.36. The van der Waals surface area contributed by atoms with E-state index in [1.807, 2.05) is 21.9 Å². The van der Waals surface area contributed by atoms with Gasteiger partial charge in [0.15, 0.2) is 11.5 Å². The Labute approximate surface area is 224 Å². The number of amides is 1. The van der Waals surface area contributed by atoms with Crippen LogP contribution in [-0.2, 0) is 19.6 Å². The van der Waals surface area contributed by atoms with Crippen LogP contribution in [0, 0.1) is 5.92 Å². The van der Waals surface area contributed by atoms with E-state index < -0.39 is 28.0 Å². The summed E-state index contributed by atoms with van der Waals surface area (Å²) in [7, 11) is -3.31. The fraction of sp³-hybridized carbons (Fsp3) is 0.692. The minimum absolute atomic E-state index is 0.0545. The van der Waals surface area contributed by atoms with Crippen molar-refractivity contribution in [1.29, 1.82) is 0 Å². The van der Waals surface area contributed by atoms with Crippen molar-refractivity contribution >= 4 is 21.9 Å². The van der Waals surface area contributed by atoms with Gasteiger partial charge in [-0.1, -0.05) is 19.4 Å². The number of rotatable bonds is 13. The maximum atomic E-state index is 13.4. The largest absolute Gasteiger partial charge is 0.481 e. The van der Waals surface area contributed by atoms with Crippen LogP contribution in [0.4, 0.5) is 0 Å². The molecular formula is C26H40N4O7S. The van der Waals surface area contributed by atoms with Crippen LogP contribution in [0.1, 0.15) is 50.5 Å². The Morgan fingerprint density at radius 1 is 1.18 bits per heavy atom. The maximum Gasteiger partial charge on any atom is 0.308 e. The van der Waals surface area contributed by atoms with Crippen molar-refractivity contribution in [2.45, 2.75) is 51.0 Å². The molecule has 0 aliphatic carbocycles. The second-order valence-electron chi connectivity index (χ2n) is 10.3. The number of likely N-dealkylation sites (tertiary alicyclic amines) is 1. The Bertz CT molecular complexity index is 1090. The van der Waals surface area contributed by atoms with Gasteiger partial charge in [0.2, 0.25) is 22.7 Å². The topological polar surface area (TPSA) is 143 Å². The number of hydrogen-bond acceptors (Lipinski definition) is 8. The standard InChI is InChI=1S/C26H40N4O7S/c1-2-3-10-28(11-4-9-27)24(31)17-29-16-20(19-6-7-22-23(15-19)37-18-36-22)25(26(32)33)21(29)8-13-30-12-5-14-38(30,34)35/h6-7,15,20-21,25H,2-5,8-14,16-18,27H2,1H3,(H,32,33)/t20-,21+,25?/m1/s1. The number of carboxylic acids is 1. The van der Waals surface area contributed by atoms with Crippen molar-refractivity contribution in [3.05, 3.63) is 23.8 Å². The van der Waals surface area contributed by atoms with Gasteiger partial charge >= 0.3 is 5.97 Å². The summed E-state index contributed by atoms with van der Waals surface area (Å²) in [6, 6.07) is 4.97. The average molecular weight is 553 g/mol. The number of nitrogens with two attached hydrogens (primary N) is 1. The molecule has 2 fully saturated rings. The Kier molecular flexibility index (Phi) is 9.50. The summed E-state index contributed by atoms with van der Waals surface area (Å²) in [4.78, 5) is 29.9. The van der Waals surface area contributed by atoms with Crippen molar-refractivity contribution < 1.29 is 32.6 Å². The third-order valence-corrected chi connectivity index (χ3v) is 9.80. The van der Waals surface area contributed by atoms with Gasteiger partial charge in [0.1, 0.15) is 0 Å². The van der Waals surface area contributed by atoms with Crippen molar-refractivity contribution in [2.75, 3.05) is 58.4 Å². The zero-order chi connectivity index (χ0) is 27.3. The first-order valence-corrected chi connectivity index (χ1v) is 15.2. The molecule has 0 saturated carbocycles. The quantitative estimate of drug-likeness (QED) is 0.370. The van der Waals surface area contributed by atoms with Crippen LogP contribution in [0.2, 0.25) is 0 Å². The highest BCUT2D eigenvalue weighted by molar-refractivity contribution is 7.89. The Hall–Kier alpha value is -2.41. The third-order valence-electron chi connectivity index (χ3n) is 7.84. The monoisotopic (exact) mass is 552 g/mol. The van der Waals surface area contributed by atoms with Crippen molar-refractivity contribution in [3.8, 4) is 11.5 Å². The highest BCUT2D eigenvalue weighted by Gasteiger charge is 2.47. The molecule has 1 aromatic carbocycles. The molecule has 38 heavy (non-hydrogen) atoms. The lowest BCUT2D eigenvalue weighted by atomic mass is 9.84. The van der Waals surface area contributed by atoms with Crippen LogP contribution in [0.15, 0.2) is 18.2 Å². The van der Waals surface area contributed by atoms with Gasteiger partial charge in [-0.25, -0.2) is 12.7 Å². The number of benzene rings is 1. The van der Waals surface area contributed by atoms with Gasteiger partial charge in [-0.2, -0.15) is 0 Å². The minimum atomic E-state index is -3.31. The molecule has 3 aliphatic rings. The SMILES string of the molecule is CCCCN(CCCN)C(=O)CN1C[C@H](c2ccc3c(c2)OCO3)C(C(=O)O)[C@@H]1CCN1CCCS1(=O)=O. The molecule has 12 heteroatoms. The number of nitrogens with zero attached hydrogens (tertiary/aromatic N) is 3. The third kappa shape index (κ3) is 6.41. The van der Waals surface area contributed by atoms with Gasteiger partial charge in [-0.3, -0.25) is 14.5 Å². The van der Waals surface area contributed by atoms with Crippen LogP contribution >= 0.6 is 0 Å². The van der Waals surface area contributed by atoms with E-state index in [9.17, 15) is 23.1 Å². The number of sulfonamides is 1. The van der Waals surface area contributed by atoms with Crippen LogP contribution < -0.4 is 15.2 Å². The summed E-state index contributed by atoms with van der Waals surface area (Å²) in [5.74, 6) is -0.884. The fourth-order valence-electron chi connectivity index (χ4n) is 5.82. The van der Waals surface area contributed by atoms with Crippen LogP contribution in [-0.4, -0.2) is 104 Å². The van der Waals surface area contributed by atoms with E-state index in [0.717, 1.165) is 18.4 Å². The van der Waals surface area contributed by atoms with E-state index in [2.05, 4.69) is 6.92 Å². The first kappa shape index (κ1) is 28.6. The molecule has 0 spiro atoms. The maximum absolute atomic E-state index is 13.4. The van der Waals surface area contributed by atoms with E-state index in [1.165, 1.54) is 4.31 Å². The molecule has 1 amide bonds. The molecule has 3 heterocycles. The van der Waals surface area contributed by atoms with Crippen molar-refractivity contribution in [2.24, 2.45) is 11.7 Å². The number of hydrogen-bond donors (Lipinski definition) is 2. The first-order valence-electron chi connectivity index (χ1n) is 13.6. The van der Waals surface area contributed by atoms with Gasteiger partial charge in [-0.05, 0) is 49.9 Å². The second-order valence-corrected chi connectivity index (χ2v) is 12.4. The van der Waals surface area contributed by atoms with Crippen LogP contribution in [0.3, 0.4) is 0 Å². The summed E-state index contributed by atoms with van der Waals surface area (Å²) >= 11 is 0. The molecule has 0 bridgehead atoms. The zero-order valence-corrected chi connectivity index (χ0v) is 22.9. The predicted molar refractivity (Wildman–Crippen MR) is 142 cm³/mol. The highest BCUT2D eigenvalue weighted by atomic mass is 32.2. The molecule has 3 N–H and O–H groups in total. The van der Waals surface area contributed by atoms with E-state index in [-0.39, 0.29) is 37.5 Å². The summed E-state index contributed by atoms with van der Waals surface area (Å²) in [6.45, 7) is 5.01. The molecule has 0 aromatic heterocycles. The van der Waals surface area contributed by atoms with Gasteiger partial charge < -0.3 is 25.2 Å². The zero-order valence-electron chi connectivity index (χ0n) is 22.1. The number of aliphatic carboxylic acids is 1. The van der Waals surface area contributed by atoms with Gasteiger partial charge in [0.05, 0.1) is 18.2 Å². The Morgan fingerprint density at radius 3 is 2.63 bits per heavy atom. The molecule has 1 aromatic rings. The van der Waals surface area contributed by atoms with Crippen molar-refractivity contribution in [3.63, 3.8) is 0 Å². The summed E-state index contributed by atoms with van der Waals surface area (Å²) in [5, 5.41) is 10.4. The number of unbranched alkanes of at least 4 members (excludes halogenated alkanes) is 1. The normalized spacial score (nSPS) is 24.6. The van der Waals surface area contributed by atoms with Gasteiger partial charge in [0.25, 0.3) is 0 Å². The smallest absolute Gasteiger partial charge is 0.308 e. The molecule has 11 nitrogen and oxygen atoms in total. The number of ether oxygens (including phenoxy) is 2. The van der Waals surface area contributed by atoms with Crippen LogP contribution in [0.5, 0.6) is 11.5 Å². The number of carbonyl (C=O) groups excluding carboxylic acids is 1. The molecule has 3 aliphatic heterocycles. The Balaban J connectivity index is 1.59. The Morgan fingerprint density at radius 2 is 1.95 bits per heavy atom. The summed E-state index contributed by atoms with van der Waals surface area (Å²) < 4.78 is 37.3. The molecule has 0 radical (unpaired) electrons. The van der Waals surface area contributed by atoms with Gasteiger partial charge in [0, 0.05) is 44.7 Å². The number of carboxylic acid groups (broad SMARTS) is 1. The van der Waals surface area contributed by atoms with E-state index in [0.29, 0.717) is 63.5 Å². The molecule has 2 saturated heterocycles. The lowest BCUT2D eigenvalue weighted by molar-refractivity contribution is -0.143. The van der Waals surface area contributed by atoms with Crippen molar-refractivity contribution in [1.82, 2.24) is 14.1 Å². The lowest BCUT2D eigenvalue weighted by Crippen LogP contribution is -2.46. The molecule has 212 valence electrons. The predicted octanol–water partition coefficient (Wildman–Crippen LogP) is 1.29. The molecule has 3 atom stereocenters. The highest BCUT2D eigenvalue weighted by Crippen LogP contribution is 2.43. The van der Waals surface area contributed by atoms with E-state index in [4.69, 9.17) is 15.2 Å². The minimum Gasteiger partial charge on any atom is -0.481 e. The van der Waals surface area contributed by atoms with E-state index in [1.54, 1.807) is 6.07 Å². The van der Waals surface area contributed by atoms with Gasteiger partial charge in [-0.15, -0.1) is 0 Å². The summed E-state index contributed by atoms with van der Waals surface area (Å²) in [5.41, 5.74) is 6.51. The lowest BCUT2D eigenvalue weighted by Gasteiger charge is -2.30. The summed E-state index contributed by atoms with van der Waals surface area (Å²) in [6.07, 6.45) is 3.44. The van der Waals surface area contributed by atoms with Crippen LogP contribution in [0.25, 0.3) is 0 Å². The molecule has 4 rings (SSSR count). The van der Waals surface area contributed by atoms with E-state index >= 15 is 0 Å². The second kappa shape index (κ2) is 12.6.